The second-order valence-electron chi connectivity index (χ2n) is 6.49. The van der Waals surface area contributed by atoms with Gasteiger partial charge in [0.15, 0.2) is 0 Å². The number of phenols is 1. The summed E-state index contributed by atoms with van der Waals surface area (Å²) >= 11 is 0. The lowest BCUT2D eigenvalue weighted by atomic mass is 9.94. The van der Waals surface area contributed by atoms with Crippen molar-refractivity contribution in [3.05, 3.63) is 59.7 Å². The van der Waals surface area contributed by atoms with E-state index in [0.29, 0.717) is 28.3 Å². The summed E-state index contributed by atoms with van der Waals surface area (Å²) in [4.78, 5) is 26.0. The number of methoxy groups -OCH3 is 2. The Hall–Kier alpha value is -3.52. The van der Waals surface area contributed by atoms with Crippen molar-refractivity contribution in [3.8, 4) is 17.2 Å². The van der Waals surface area contributed by atoms with Crippen molar-refractivity contribution in [2.24, 2.45) is 0 Å². The first kappa shape index (κ1) is 20.2. The van der Waals surface area contributed by atoms with Gasteiger partial charge in [-0.3, -0.25) is 9.59 Å². The maximum absolute atomic E-state index is 13.1. The summed E-state index contributed by atoms with van der Waals surface area (Å²) in [6.07, 6.45) is 0.116. The zero-order chi connectivity index (χ0) is 21.1. The number of aliphatic hydroxyl groups is 1. The van der Waals surface area contributed by atoms with E-state index in [0.717, 1.165) is 6.08 Å². The van der Waals surface area contributed by atoms with E-state index < -0.39 is 17.9 Å². The quantitative estimate of drug-likeness (QED) is 0.527. The van der Waals surface area contributed by atoms with E-state index in [-0.39, 0.29) is 24.4 Å². The van der Waals surface area contributed by atoms with Gasteiger partial charge in [0.25, 0.3) is 5.91 Å². The molecule has 0 fully saturated rings. The topological polar surface area (TPSA) is 108 Å². The minimum absolute atomic E-state index is 0.00405. The number of amides is 2. The van der Waals surface area contributed by atoms with Crippen molar-refractivity contribution in [3.63, 3.8) is 0 Å². The lowest BCUT2D eigenvalue weighted by Crippen LogP contribution is -2.38. The number of anilines is 1. The molecule has 0 aromatic heterocycles. The van der Waals surface area contributed by atoms with Crippen LogP contribution in [0.1, 0.15) is 27.6 Å². The van der Waals surface area contributed by atoms with Gasteiger partial charge in [0.2, 0.25) is 5.91 Å². The van der Waals surface area contributed by atoms with Crippen LogP contribution in [0, 0.1) is 0 Å². The van der Waals surface area contributed by atoms with Crippen LogP contribution in [-0.4, -0.2) is 47.7 Å². The maximum Gasteiger partial charge on any atom is 0.258 e. The Morgan fingerprint density at radius 2 is 1.90 bits per heavy atom. The van der Waals surface area contributed by atoms with Crippen LogP contribution in [0.25, 0.3) is 0 Å². The Bertz CT molecular complexity index is 972. The molecule has 2 aromatic rings. The molecule has 1 aliphatic rings. The summed E-state index contributed by atoms with van der Waals surface area (Å²) in [5.74, 6) is -0.129. The zero-order valence-electron chi connectivity index (χ0n) is 16.1. The third-order valence-electron chi connectivity index (χ3n) is 4.76. The highest BCUT2D eigenvalue weighted by Crippen LogP contribution is 2.40. The first-order chi connectivity index (χ1) is 13.9. The Morgan fingerprint density at radius 3 is 2.55 bits per heavy atom. The first-order valence-corrected chi connectivity index (χ1v) is 8.87. The predicted octanol–water partition coefficient (Wildman–Crippen LogP) is 2.22. The van der Waals surface area contributed by atoms with Gasteiger partial charge in [0.1, 0.15) is 23.4 Å². The highest BCUT2D eigenvalue weighted by atomic mass is 16.5. The molecule has 3 rings (SSSR count). The van der Waals surface area contributed by atoms with Gasteiger partial charge >= 0.3 is 0 Å². The van der Waals surface area contributed by atoms with Gasteiger partial charge in [-0.05, 0) is 36.4 Å². The largest absolute Gasteiger partial charge is 0.507 e. The SMILES string of the molecule is C=CC(=O)Nc1ccc(O)c(C(=O)N2Cc3c(OC)ccc(OC)c3C(O)C2)c1. The van der Waals surface area contributed by atoms with Crippen molar-refractivity contribution < 1.29 is 29.3 Å². The second-order valence-corrected chi connectivity index (χ2v) is 6.49. The van der Waals surface area contributed by atoms with Gasteiger partial charge in [0, 0.05) is 16.8 Å². The Morgan fingerprint density at radius 1 is 1.21 bits per heavy atom. The third kappa shape index (κ3) is 3.88. The molecule has 0 bridgehead atoms. The molecule has 1 unspecified atom stereocenters. The Labute approximate surface area is 168 Å². The summed E-state index contributed by atoms with van der Waals surface area (Å²) in [5.41, 5.74) is 1.55. The normalized spacial score (nSPS) is 15.3. The standard InChI is InChI=1S/C21H22N2O6/c1-4-19(26)22-12-5-6-15(24)13(9-12)21(27)23-10-14-17(28-2)7-8-18(29-3)20(14)16(25)11-23/h4-9,16,24-25H,1,10-11H2,2-3H3,(H,22,26). The number of phenolic OH excluding ortho intramolecular Hbond substituents is 1. The lowest BCUT2D eigenvalue weighted by Gasteiger charge is -2.34. The minimum atomic E-state index is -0.987. The van der Waals surface area contributed by atoms with Crippen LogP contribution in [-0.2, 0) is 11.3 Å². The molecule has 2 amide bonds. The molecule has 152 valence electrons. The molecular weight excluding hydrogens is 376 g/mol. The molecule has 0 spiro atoms. The van der Waals surface area contributed by atoms with E-state index in [1.165, 1.54) is 37.3 Å². The molecule has 1 aliphatic heterocycles. The van der Waals surface area contributed by atoms with E-state index in [4.69, 9.17) is 9.47 Å². The average Bonchev–Trinajstić information content (AvgIpc) is 2.73. The van der Waals surface area contributed by atoms with E-state index in [9.17, 15) is 19.8 Å². The molecule has 0 saturated carbocycles. The van der Waals surface area contributed by atoms with Crippen molar-refractivity contribution in [2.75, 3.05) is 26.1 Å². The van der Waals surface area contributed by atoms with Crippen molar-refractivity contribution in [1.82, 2.24) is 4.90 Å². The molecule has 8 heteroatoms. The number of aliphatic hydroxyl groups excluding tert-OH is 1. The molecule has 1 heterocycles. The predicted molar refractivity (Wildman–Crippen MR) is 106 cm³/mol. The number of ether oxygens (including phenoxy) is 2. The second kappa shape index (κ2) is 8.24. The number of benzene rings is 2. The fourth-order valence-corrected chi connectivity index (χ4v) is 3.38. The van der Waals surface area contributed by atoms with Crippen molar-refractivity contribution in [2.45, 2.75) is 12.6 Å². The van der Waals surface area contributed by atoms with Crippen molar-refractivity contribution in [1.29, 1.82) is 0 Å². The molecule has 2 aromatic carbocycles. The number of fused-ring (bicyclic) bond motifs is 1. The number of β-amino-alcohol motifs (C(OH)–C–C–N with tert-alkyl or cyclic N) is 1. The van der Waals surface area contributed by atoms with Crippen LogP contribution in [0.4, 0.5) is 5.69 Å². The van der Waals surface area contributed by atoms with Crippen LogP contribution in [0.5, 0.6) is 17.2 Å². The fraction of sp³-hybridized carbons (Fsp3) is 0.238. The molecule has 0 saturated heterocycles. The van der Waals surface area contributed by atoms with Gasteiger partial charge in [-0.15, -0.1) is 0 Å². The number of nitrogens with zero attached hydrogens (tertiary/aromatic N) is 1. The van der Waals surface area contributed by atoms with Gasteiger partial charge < -0.3 is 29.9 Å². The number of hydrogen-bond donors (Lipinski definition) is 3. The van der Waals surface area contributed by atoms with E-state index in [2.05, 4.69) is 11.9 Å². The van der Waals surface area contributed by atoms with Gasteiger partial charge in [-0.1, -0.05) is 6.58 Å². The molecule has 29 heavy (non-hydrogen) atoms. The highest BCUT2D eigenvalue weighted by Gasteiger charge is 2.33. The number of carbonyl (C=O) groups is 2. The molecule has 3 N–H and O–H groups in total. The summed E-state index contributed by atoms with van der Waals surface area (Å²) < 4.78 is 10.7. The number of aromatic hydroxyl groups is 1. The summed E-state index contributed by atoms with van der Waals surface area (Å²) in [5, 5.41) is 23.4. The Kier molecular flexibility index (Phi) is 5.74. The summed E-state index contributed by atoms with van der Waals surface area (Å²) in [6.45, 7) is 3.55. The van der Waals surface area contributed by atoms with Gasteiger partial charge in [0.05, 0.1) is 32.9 Å². The van der Waals surface area contributed by atoms with Crippen LogP contribution < -0.4 is 14.8 Å². The van der Waals surface area contributed by atoms with Crippen LogP contribution >= 0.6 is 0 Å². The number of carbonyl (C=O) groups excluding carboxylic acids is 2. The molecule has 8 nitrogen and oxygen atoms in total. The zero-order valence-corrected chi connectivity index (χ0v) is 16.1. The monoisotopic (exact) mass is 398 g/mol. The summed E-state index contributed by atoms with van der Waals surface area (Å²) in [7, 11) is 3.01. The number of rotatable bonds is 5. The number of hydrogen-bond acceptors (Lipinski definition) is 6. The van der Waals surface area contributed by atoms with E-state index in [1.807, 2.05) is 0 Å². The molecule has 1 atom stereocenters. The van der Waals surface area contributed by atoms with Crippen LogP contribution in [0.3, 0.4) is 0 Å². The number of nitrogens with one attached hydrogen (secondary N) is 1. The molecular formula is C21H22N2O6. The van der Waals surface area contributed by atoms with E-state index >= 15 is 0 Å². The smallest absolute Gasteiger partial charge is 0.258 e. The Balaban J connectivity index is 1.95. The molecule has 0 aliphatic carbocycles. The van der Waals surface area contributed by atoms with Gasteiger partial charge in [-0.2, -0.15) is 0 Å². The van der Waals surface area contributed by atoms with Crippen LogP contribution in [0.15, 0.2) is 43.0 Å². The fourth-order valence-electron chi connectivity index (χ4n) is 3.38. The van der Waals surface area contributed by atoms with Crippen LogP contribution in [0.2, 0.25) is 0 Å². The maximum atomic E-state index is 13.1. The lowest BCUT2D eigenvalue weighted by molar-refractivity contribution is -0.111. The van der Waals surface area contributed by atoms with Gasteiger partial charge in [-0.25, -0.2) is 0 Å². The van der Waals surface area contributed by atoms with E-state index in [1.54, 1.807) is 12.1 Å². The highest BCUT2D eigenvalue weighted by molar-refractivity contribution is 6.02. The summed E-state index contributed by atoms with van der Waals surface area (Å²) in [6, 6.07) is 7.59. The average molecular weight is 398 g/mol. The first-order valence-electron chi connectivity index (χ1n) is 8.87. The third-order valence-corrected chi connectivity index (χ3v) is 4.76. The van der Waals surface area contributed by atoms with Crippen molar-refractivity contribution >= 4 is 17.5 Å². The molecule has 0 radical (unpaired) electrons. The minimum Gasteiger partial charge on any atom is -0.507 e.